The second-order valence-corrected chi connectivity index (χ2v) is 6.43. The van der Waals surface area contributed by atoms with Gasteiger partial charge in [-0.2, -0.15) is 0 Å². The molecule has 0 aromatic carbocycles. The molecule has 14 heavy (non-hydrogen) atoms. The highest BCUT2D eigenvalue weighted by Gasteiger charge is 2.37. The van der Waals surface area contributed by atoms with E-state index >= 15 is 0 Å². The van der Waals surface area contributed by atoms with Gasteiger partial charge in [0.05, 0.1) is 0 Å². The fourth-order valence-electron chi connectivity index (χ4n) is 2.83. The summed E-state index contributed by atoms with van der Waals surface area (Å²) in [7, 11) is 0. The van der Waals surface area contributed by atoms with Gasteiger partial charge in [0.25, 0.3) is 0 Å². The molecule has 0 bridgehead atoms. The van der Waals surface area contributed by atoms with Crippen molar-refractivity contribution in [3.05, 3.63) is 19.8 Å². The Kier molecular flexibility index (Phi) is 2.22. The van der Waals surface area contributed by atoms with Gasteiger partial charge < -0.3 is 5.32 Å². The van der Waals surface area contributed by atoms with Crippen LogP contribution < -0.4 is 5.32 Å². The Hall–Kier alpha value is 0.140. The molecule has 1 fully saturated rings. The maximum Gasteiger partial charge on any atom is 0.0346 e. The molecular formula is C11H14BrNS. The normalized spacial score (nSPS) is 30.1. The highest BCUT2D eigenvalue weighted by Crippen LogP contribution is 2.49. The Balaban J connectivity index is 2.03. The molecule has 1 aliphatic heterocycles. The molecule has 0 radical (unpaired) electrons. The standard InChI is InChI=1S/C11H14BrNS/c1-6-10(12)9-4-7-5-13-3-2-8(7)11(9)14-6/h7-8,13H,2-5H2,1H3. The van der Waals surface area contributed by atoms with Crippen LogP contribution in [0.2, 0.25) is 0 Å². The van der Waals surface area contributed by atoms with E-state index in [0.717, 1.165) is 11.8 Å². The van der Waals surface area contributed by atoms with Crippen LogP contribution in [0.15, 0.2) is 4.47 Å². The average Bonchev–Trinajstić information content (AvgIpc) is 2.67. The lowest BCUT2D eigenvalue weighted by Gasteiger charge is -2.26. The van der Waals surface area contributed by atoms with Crippen LogP contribution in [0.3, 0.4) is 0 Å². The zero-order chi connectivity index (χ0) is 9.71. The van der Waals surface area contributed by atoms with Crippen molar-refractivity contribution in [3.63, 3.8) is 0 Å². The Morgan fingerprint density at radius 1 is 1.50 bits per heavy atom. The molecule has 1 nitrogen and oxygen atoms in total. The van der Waals surface area contributed by atoms with Gasteiger partial charge >= 0.3 is 0 Å². The molecule has 2 unspecified atom stereocenters. The van der Waals surface area contributed by atoms with E-state index in [1.54, 1.807) is 10.4 Å². The van der Waals surface area contributed by atoms with Gasteiger partial charge in [0, 0.05) is 14.2 Å². The zero-order valence-corrected chi connectivity index (χ0v) is 10.7. The van der Waals surface area contributed by atoms with E-state index in [4.69, 9.17) is 0 Å². The van der Waals surface area contributed by atoms with E-state index in [1.807, 2.05) is 11.3 Å². The molecule has 1 aromatic heterocycles. The van der Waals surface area contributed by atoms with Gasteiger partial charge in [0.2, 0.25) is 0 Å². The molecule has 3 heteroatoms. The number of aryl methyl sites for hydroxylation is 1. The van der Waals surface area contributed by atoms with Crippen molar-refractivity contribution in [2.45, 2.75) is 25.7 Å². The largest absolute Gasteiger partial charge is 0.316 e. The number of piperidine rings is 1. The van der Waals surface area contributed by atoms with Gasteiger partial charge in [0.15, 0.2) is 0 Å². The summed E-state index contributed by atoms with van der Waals surface area (Å²) in [5.41, 5.74) is 1.62. The SMILES string of the molecule is Cc1sc2c(c1Br)CC1CNCCC21. The summed E-state index contributed by atoms with van der Waals surface area (Å²) in [5.74, 6) is 1.74. The van der Waals surface area contributed by atoms with Crippen molar-refractivity contribution in [2.24, 2.45) is 5.92 Å². The third-order valence-electron chi connectivity index (χ3n) is 3.55. The molecule has 0 amide bonds. The van der Waals surface area contributed by atoms with Crippen molar-refractivity contribution in [1.82, 2.24) is 5.32 Å². The number of nitrogens with one attached hydrogen (secondary N) is 1. The number of hydrogen-bond donors (Lipinski definition) is 1. The summed E-state index contributed by atoms with van der Waals surface area (Å²) in [6, 6.07) is 0. The van der Waals surface area contributed by atoms with Crippen LogP contribution in [0.5, 0.6) is 0 Å². The first-order chi connectivity index (χ1) is 6.77. The summed E-state index contributed by atoms with van der Waals surface area (Å²) < 4.78 is 1.40. The van der Waals surface area contributed by atoms with Crippen LogP contribution in [0.1, 0.15) is 27.7 Å². The lowest BCUT2D eigenvalue weighted by molar-refractivity contribution is 0.351. The minimum absolute atomic E-state index is 0.862. The molecule has 1 saturated heterocycles. The first kappa shape index (κ1) is 9.37. The van der Waals surface area contributed by atoms with E-state index < -0.39 is 0 Å². The molecule has 0 saturated carbocycles. The van der Waals surface area contributed by atoms with E-state index in [9.17, 15) is 0 Å². The first-order valence-corrected chi connectivity index (χ1v) is 6.86. The van der Waals surface area contributed by atoms with E-state index in [1.165, 1.54) is 35.3 Å². The molecular weight excluding hydrogens is 258 g/mol. The second-order valence-electron chi connectivity index (χ2n) is 4.38. The Morgan fingerprint density at radius 2 is 2.36 bits per heavy atom. The minimum atomic E-state index is 0.862. The summed E-state index contributed by atoms with van der Waals surface area (Å²) in [6.07, 6.45) is 2.63. The van der Waals surface area contributed by atoms with Crippen LogP contribution in [0.4, 0.5) is 0 Å². The van der Waals surface area contributed by atoms with Crippen LogP contribution in [0.25, 0.3) is 0 Å². The fourth-order valence-corrected chi connectivity index (χ4v) is 4.89. The lowest BCUT2D eigenvalue weighted by Crippen LogP contribution is -2.33. The van der Waals surface area contributed by atoms with Crippen molar-refractivity contribution < 1.29 is 0 Å². The molecule has 2 heterocycles. The van der Waals surface area contributed by atoms with Crippen molar-refractivity contribution in [3.8, 4) is 0 Å². The van der Waals surface area contributed by atoms with Gasteiger partial charge in [-0.15, -0.1) is 11.3 Å². The monoisotopic (exact) mass is 271 g/mol. The van der Waals surface area contributed by atoms with Crippen LogP contribution in [0, 0.1) is 12.8 Å². The molecule has 1 aliphatic carbocycles. The van der Waals surface area contributed by atoms with E-state index in [0.29, 0.717) is 0 Å². The molecule has 76 valence electrons. The topological polar surface area (TPSA) is 12.0 Å². The Bertz CT molecular complexity index is 372. The maximum atomic E-state index is 3.72. The first-order valence-electron chi connectivity index (χ1n) is 5.25. The van der Waals surface area contributed by atoms with Gasteiger partial charge in [-0.1, -0.05) is 0 Å². The fraction of sp³-hybridized carbons (Fsp3) is 0.636. The molecule has 0 spiro atoms. The summed E-state index contributed by atoms with van der Waals surface area (Å²) in [5, 5.41) is 3.50. The quantitative estimate of drug-likeness (QED) is 0.765. The zero-order valence-electron chi connectivity index (χ0n) is 8.27. The van der Waals surface area contributed by atoms with Gasteiger partial charge in [0.1, 0.15) is 0 Å². The summed E-state index contributed by atoms with van der Waals surface area (Å²) in [4.78, 5) is 3.15. The highest BCUT2D eigenvalue weighted by molar-refractivity contribution is 9.10. The molecule has 3 rings (SSSR count). The van der Waals surface area contributed by atoms with Gasteiger partial charge in [-0.3, -0.25) is 0 Å². The van der Waals surface area contributed by atoms with Gasteiger partial charge in [-0.25, -0.2) is 0 Å². The van der Waals surface area contributed by atoms with Crippen LogP contribution in [-0.2, 0) is 6.42 Å². The summed E-state index contributed by atoms with van der Waals surface area (Å²) >= 11 is 5.74. The predicted octanol–water partition coefficient (Wildman–Crippen LogP) is 3.07. The number of halogens is 1. The minimum Gasteiger partial charge on any atom is -0.316 e. The van der Waals surface area contributed by atoms with Crippen molar-refractivity contribution in [2.75, 3.05) is 13.1 Å². The Morgan fingerprint density at radius 3 is 3.21 bits per heavy atom. The molecule has 1 aromatic rings. The van der Waals surface area contributed by atoms with E-state index in [2.05, 4.69) is 28.2 Å². The molecule has 1 N–H and O–H groups in total. The third-order valence-corrected chi connectivity index (χ3v) is 6.16. The molecule has 2 atom stereocenters. The predicted molar refractivity (Wildman–Crippen MR) is 64.2 cm³/mol. The Labute approximate surface area is 97.0 Å². The number of fused-ring (bicyclic) bond motifs is 3. The highest BCUT2D eigenvalue weighted by atomic mass is 79.9. The third kappa shape index (κ3) is 1.22. The van der Waals surface area contributed by atoms with Crippen molar-refractivity contribution >= 4 is 27.3 Å². The number of hydrogen-bond acceptors (Lipinski definition) is 2. The summed E-state index contributed by atoms with van der Waals surface area (Å²) in [6.45, 7) is 4.65. The smallest absolute Gasteiger partial charge is 0.0346 e. The van der Waals surface area contributed by atoms with Crippen LogP contribution >= 0.6 is 27.3 Å². The van der Waals surface area contributed by atoms with E-state index in [-0.39, 0.29) is 0 Å². The van der Waals surface area contributed by atoms with Crippen molar-refractivity contribution in [1.29, 1.82) is 0 Å². The second kappa shape index (κ2) is 3.32. The number of rotatable bonds is 0. The van der Waals surface area contributed by atoms with Crippen LogP contribution in [-0.4, -0.2) is 13.1 Å². The van der Waals surface area contributed by atoms with Gasteiger partial charge in [-0.05, 0) is 66.2 Å². The lowest BCUT2D eigenvalue weighted by atomic mass is 9.90. The average molecular weight is 272 g/mol. The number of thiophene rings is 1. The maximum absolute atomic E-state index is 3.72. The molecule has 2 aliphatic rings.